The largest absolute Gasteiger partial charge is 0.485 e. The van der Waals surface area contributed by atoms with E-state index in [1.54, 1.807) is 60.7 Å². The molecule has 162 valence electrons. The first-order valence-corrected chi connectivity index (χ1v) is 10.7. The van der Waals surface area contributed by atoms with Gasteiger partial charge in [0.15, 0.2) is 11.5 Å². The number of amides is 1. The van der Waals surface area contributed by atoms with Crippen molar-refractivity contribution in [2.75, 3.05) is 6.61 Å². The second-order valence-electron chi connectivity index (χ2n) is 6.65. The van der Waals surface area contributed by atoms with Crippen LogP contribution in [-0.2, 0) is 4.79 Å². The highest BCUT2D eigenvalue weighted by Gasteiger charge is 2.27. The molecule has 1 heterocycles. The minimum Gasteiger partial charge on any atom is -0.485 e. The van der Waals surface area contributed by atoms with Gasteiger partial charge in [0.2, 0.25) is 6.10 Å². The van der Waals surface area contributed by atoms with Gasteiger partial charge in [0, 0.05) is 10.0 Å². The summed E-state index contributed by atoms with van der Waals surface area (Å²) >= 11 is 9.44. The molecule has 0 saturated carbocycles. The van der Waals surface area contributed by atoms with Crippen LogP contribution in [0, 0.1) is 0 Å². The summed E-state index contributed by atoms with van der Waals surface area (Å²) < 4.78 is 17.4. The maximum absolute atomic E-state index is 12.5. The number of benzene rings is 3. The maximum Gasteiger partial charge on any atom is 0.345 e. The van der Waals surface area contributed by atoms with Gasteiger partial charge in [0.05, 0.1) is 16.8 Å². The number of fused-ring (bicyclic) bond motifs is 1. The van der Waals surface area contributed by atoms with Gasteiger partial charge >= 0.3 is 5.97 Å². The van der Waals surface area contributed by atoms with Crippen molar-refractivity contribution in [1.29, 1.82) is 0 Å². The molecule has 32 heavy (non-hydrogen) atoms. The van der Waals surface area contributed by atoms with E-state index in [0.717, 1.165) is 4.47 Å². The van der Waals surface area contributed by atoms with E-state index in [2.05, 4.69) is 26.5 Å². The standard InChI is InChI=1S/C23H16BrClN2O5/c24-15-9-10-18(32-23(29)16-5-1-2-6-17(16)25)14(11-15)12-26-27-22(28)21-13-30-19-7-3-4-8-20(19)31-21/h1-12,21H,13H2,(H,27,28)/b26-12-/t21-/m1/s1. The number of para-hydroxylation sites is 2. The average Bonchev–Trinajstić information content (AvgIpc) is 2.80. The molecule has 0 aromatic heterocycles. The fraction of sp³-hybridized carbons (Fsp3) is 0.0870. The molecule has 0 saturated heterocycles. The molecule has 1 N–H and O–H groups in total. The third-order valence-corrected chi connectivity index (χ3v) is 5.27. The van der Waals surface area contributed by atoms with Gasteiger partial charge in [-0.2, -0.15) is 5.10 Å². The van der Waals surface area contributed by atoms with Gasteiger partial charge < -0.3 is 14.2 Å². The van der Waals surface area contributed by atoms with Crippen LogP contribution in [-0.4, -0.2) is 30.8 Å². The molecule has 3 aromatic rings. The lowest BCUT2D eigenvalue weighted by Crippen LogP contribution is -2.42. The number of nitrogens with zero attached hydrogens (tertiary/aromatic N) is 1. The third-order valence-electron chi connectivity index (χ3n) is 4.45. The van der Waals surface area contributed by atoms with Crippen LogP contribution in [0.3, 0.4) is 0 Å². The van der Waals surface area contributed by atoms with Crippen molar-refractivity contribution in [3.63, 3.8) is 0 Å². The molecular formula is C23H16BrClN2O5. The molecule has 4 rings (SSSR count). The number of halogens is 2. The fourth-order valence-corrected chi connectivity index (χ4v) is 3.47. The summed E-state index contributed by atoms with van der Waals surface area (Å²) in [6, 6.07) is 18.7. The summed E-state index contributed by atoms with van der Waals surface area (Å²) in [6.45, 7) is 0.0654. The molecule has 3 aromatic carbocycles. The summed E-state index contributed by atoms with van der Waals surface area (Å²) in [7, 11) is 0. The number of esters is 1. The van der Waals surface area contributed by atoms with Crippen LogP contribution in [0.2, 0.25) is 5.02 Å². The van der Waals surface area contributed by atoms with E-state index in [0.29, 0.717) is 17.1 Å². The van der Waals surface area contributed by atoms with Crippen LogP contribution in [0.5, 0.6) is 17.2 Å². The van der Waals surface area contributed by atoms with E-state index in [1.807, 2.05) is 6.07 Å². The molecular weight excluding hydrogens is 500 g/mol. The summed E-state index contributed by atoms with van der Waals surface area (Å²) in [5, 5.41) is 4.26. The highest BCUT2D eigenvalue weighted by atomic mass is 79.9. The van der Waals surface area contributed by atoms with E-state index in [4.69, 9.17) is 25.8 Å². The number of hydrogen-bond donors (Lipinski definition) is 1. The van der Waals surface area contributed by atoms with Crippen molar-refractivity contribution in [2.24, 2.45) is 5.10 Å². The maximum atomic E-state index is 12.5. The molecule has 1 amide bonds. The van der Waals surface area contributed by atoms with Crippen LogP contribution in [0.4, 0.5) is 0 Å². The van der Waals surface area contributed by atoms with Crippen molar-refractivity contribution < 1.29 is 23.8 Å². The molecule has 7 nitrogen and oxygen atoms in total. The van der Waals surface area contributed by atoms with E-state index < -0.39 is 18.0 Å². The van der Waals surface area contributed by atoms with Crippen molar-refractivity contribution in [2.45, 2.75) is 6.10 Å². The molecule has 1 aliphatic heterocycles. The highest BCUT2D eigenvalue weighted by molar-refractivity contribution is 9.10. The summed E-state index contributed by atoms with van der Waals surface area (Å²) in [5.74, 6) is 0.244. The van der Waals surface area contributed by atoms with E-state index in [9.17, 15) is 9.59 Å². The number of hydrogen-bond acceptors (Lipinski definition) is 6. The van der Waals surface area contributed by atoms with Gasteiger partial charge in [0.1, 0.15) is 12.4 Å². The van der Waals surface area contributed by atoms with Crippen LogP contribution in [0.1, 0.15) is 15.9 Å². The summed E-state index contributed by atoms with van der Waals surface area (Å²) in [6.07, 6.45) is 0.525. The number of ether oxygens (including phenoxy) is 3. The van der Waals surface area contributed by atoms with Crippen molar-refractivity contribution in [1.82, 2.24) is 5.43 Å². The van der Waals surface area contributed by atoms with Gasteiger partial charge in [-0.05, 0) is 42.5 Å². The Hall–Kier alpha value is -3.36. The van der Waals surface area contributed by atoms with E-state index in [1.165, 1.54) is 6.21 Å². The van der Waals surface area contributed by atoms with Crippen LogP contribution in [0.25, 0.3) is 0 Å². The van der Waals surface area contributed by atoms with Gasteiger partial charge in [-0.1, -0.05) is 51.8 Å². The molecule has 0 spiro atoms. The average molecular weight is 516 g/mol. The van der Waals surface area contributed by atoms with Gasteiger partial charge in [-0.3, -0.25) is 4.79 Å². The number of rotatable bonds is 5. The quantitative estimate of drug-likeness (QED) is 0.232. The highest BCUT2D eigenvalue weighted by Crippen LogP contribution is 2.31. The van der Waals surface area contributed by atoms with Crippen molar-refractivity contribution in [3.05, 3.63) is 87.4 Å². The Morgan fingerprint density at radius 3 is 2.66 bits per heavy atom. The Morgan fingerprint density at radius 2 is 1.84 bits per heavy atom. The minimum atomic E-state index is -0.845. The molecule has 0 aliphatic carbocycles. The van der Waals surface area contributed by atoms with E-state index in [-0.39, 0.29) is 22.9 Å². The first-order valence-electron chi connectivity index (χ1n) is 9.49. The lowest BCUT2D eigenvalue weighted by molar-refractivity contribution is -0.130. The number of hydrazone groups is 1. The Labute approximate surface area is 197 Å². The second-order valence-corrected chi connectivity index (χ2v) is 7.97. The molecule has 0 bridgehead atoms. The molecule has 0 radical (unpaired) electrons. The Morgan fingerprint density at radius 1 is 1.09 bits per heavy atom. The minimum absolute atomic E-state index is 0.0654. The molecule has 9 heteroatoms. The van der Waals surface area contributed by atoms with Gasteiger partial charge in [-0.15, -0.1) is 0 Å². The monoisotopic (exact) mass is 514 g/mol. The number of nitrogens with one attached hydrogen (secondary N) is 1. The Bertz CT molecular complexity index is 1200. The zero-order valence-corrected chi connectivity index (χ0v) is 18.8. The van der Waals surface area contributed by atoms with Gasteiger partial charge in [-0.25, -0.2) is 10.2 Å². The molecule has 0 fully saturated rings. The van der Waals surface area contributed by atoms with Crippen LogP contribution < -0.4 is 19.6 Å². The third kappa shape index (κ3) is 5.09. The zero-order chi connectivity index (χ0) is 22.5. The number of carbonyl (C=O) groups excluding carboxylic acids is 2. The first kappa shape index (κ1) is 21.9. The summed E-state index contributed by atoms with van der Waals surface area (Å²) in [5.41, 5.74) is 3.12. The second kappa shape index (κ2) is 9.84. The molecule has 1 atom stereocenters. The lowest BCUT2D eigenvalue weighted by atomic mass is 10.2. The molecule has 0 unspecified atom stereocenters. The topological polar surface area (TPSA) is 86.2 Å². The zero-order valence-electron chi connectivity index (χ0n) is 16.5. The first-order chi connectivity index (χ1) is 15.5. The number of carbonyl (C=O) groups is 2. The SMILES string of the molecule is O=C(Oc1ccc(Br)cc1/C=N\NC(=O)[C@H]1COc2ccccc2O1)c1ccccc1Cl. The lowest BCUT2D eigenvalue weighted by Gasteiger charge is -2.24. The Balaban J connectivity index is 1.44. The van der Waals surface area contributed by atoms with Crippen LogP contribution >= 0.6 is 27.5 Å². The predicted octanol–water partition coefficient (Wildman–Crippen LogP) is 4.61. The van der Waals surface area contributed by atoms with E-state index >= 15 is 0 Å². The normalized spacial score (nSPS) is 14.8. The van der Waals surface area contributed by atoms with Crippen molar-refractivity contribution in [3.8, 4) is 17.2 Å². The smallest absolute Gasteiger partial charge is 0.345 e. The predicted molar refractivity (Wildman–Crippen MR) is 123 cm³/mol. The fourth-order valence-electron chi connectivity index (χ4n) is 2.88. The van der Waals surface area contributed by atoms with Gasteiger partial charge in [0.25, 0.3) is 5.91 Å². The Kier molecular flexibility index (Phi) is 6.72. The molecule has 1 aliphatic rings. The summed E-state index contributed by atoms with van der Waals surface area (Å²) in [4.78, 5) is 24.9. The van der Waals surface area contributed by atoms with Crippen molar-refractivity contribution >= 4 is 45.6 Å². The van der Waals surface area contributed by atoms with Crippen LogP contribution in [0.15, 0.2) is 76.3 Å².